The molecule has 0 bridgehead atoms. The minimum Gasteiger partial charge on any atom is -0.0948 e. The van der Waals surface area contributed by atoms with Crippen molar-refractivity contribution in [2.24, 2.45) is 0 Å². The van der Waals surface area contributed by atoms with Crippen molar-refractivity contribution < 1.29 is 0 Å². The molecule has 1 heteroatoms. The van der Waals surface area contributed by atoms with E-state index in [0.717, 1.165) is 0 Å². The molecular formula is C16H18Si. The normalized spacial score (nSPS) is 11.9. The third-order valence-electron chi connectivity index (χ3n) is 3.25. The number of hydrogen-bond acceptors (Lipinski definition) is 0. The van der Waals surface area contributed by atoms with E-state index in [1.54, 1.807) is 0 Å². The molecule has 0 aliphatic carbocycles. The third-order valence-corrected chi connectivity index (χ3v) is 7.31. The number of benzene rings is 2. The van der Waals surface area contributed by atoms with Crippen LogP contribution < -0.4 is 10.4 Å². The quantitative estimate of drug-likeness (QED) is 0.721. The van der Waals surface area contributed by atoms with E-state index in [9.17, 15) is 0 Å². The van der Waals surface area contributed by atoms with Crippen molar-refractivity contribution in [3.8, 4) is 0 Å². The van der Waals surface area contributed by atoms with Gasteiger partial charge in [-0.05, 0) is 6.92 Å². The van der Waals surface area contributed by atoms with Gasteiger partial charge in [-0.3, -0.25) is 0 Å². The summed E-state index contributed by atoms with van der Waals surface area (Å²) in [5.41, 5.74) is 2.40. The molecule has 0 atom stereocenters. The highest BCUT2D eigenvalue weighted by molar-refractivity contribution is 7.05. The first-order valence-electron chi connectivity index (χ1n) is 6.02. The lowest BCUT2D eigenvalue weighted by Gasteiger charge is -2.25. The predicted octanol–water partition coefficient (Wildman–Crippen LogP) is 2.99. The Labute approximate surface area is 105 Å². The summed E-state index contributed by atoms with van der Waals surface area (Å²) in [4.78, 5) is 0. The molecule has 0 heterocycles. The van der Waals surface area contributed by atoms with Gasteiger partial charge in [-0.25, -0.2) is 0 Å². The van der Waals surface area contributed by atoms with E-state index in [0.29, 0.717) is 0 Å². The summed E-state index contributed by atoms with van der Waals surface area (Å²) in [7, 11) is -1.68. The second kappa shape index (κ2) is 5.15. The minimum absolute atomic E-state index is 1.46. The lowest BCUT2D eigenvalue weighted by atomic mass is 10.4. The van der Waals surface area contributed by atoms with Gasteiger partial charge in [0.15, 0.2) is 0 Å². The standard InChI is InChI=1S/C16H18Si/c1-3-14-17(2,15-10-6-4-7-11-15)16-12-8-5-9-13-16/h3-14H,1-2H3/b14-3+. The second-order valence-electron chi connectivity index (χ2n) is 4.43. The van der Waals surface area contributed by atoms with Crippen LogP contribution in [0.2, 0.25) is 6.55 Å². The lowest BCUT2D eigenvalue weighted by Crippen LogP contribution is -2.54. The molecule has 17 heavy (non-hydrogen) atoms. The van der Waals surface area contributed by atoms with Gasteiger partial charge in [0.2, 0.25) is 0 Å². The van der Waals surface area contributed by atoms with Crippen LogP contribution >= 0.6 is 0 Å². The topological polar surface area (TPSA) is 0 Å². The van der Waals surface area contributed by atoms with Crippen molar-refractivity contribution in [2.75, 3.05) is 0 Å². The van der Waals surface area contributed by atoms with E-state index in [1.807, 2.05) is 0 Å². The summed E-state index contributed by atoms with van der Waals surface area (Å²) in [6.07, 6.45) is 2.19. The molecule has 2 rings (SSSR count). The summed E-state index contributed by atoms with van der Waals surface area (Å²) < 4.78 is 0. The van der Waals surface area contributed by atoms with Crippen molar-refractivity contribution in [2.45, 2.75) is 13.5 Å². The second-order valence-corrected chi connectivity index (χ2v) is 8.33. The first-order valence-corrected chi connectivity index (χ1v) is 8.60. The average Bonchev–Trinajstić information content (AvgIpc) is 2.41. The summed E-state index contributed by atoms with van der Waals surface area (Å²) in [6.45, 7) is 4.51. The Bertz CT molecular complexity index is 446. The first kappa shape index (κ1) is 11.9. The highest BCUT2D eigenvalue weighted by atomic mass is 28.3. The minimum atomic E-state index is -1.68. The van der Waals surface area contributed by atoms with Crippen molar-refractivity contribution >= 4 is 18.4 Å². The number of rotatable bonds is 3. The fourth-order valence-corrected chi connectivity index (χ4v) is 5.42. The van der Waals surface area contributed by atoms with Crippen molar-refractivity contribution in [3.05, 3.63) is 72.4 Å². The molecule has 86 valence electrons. The molecule has 0 unspecified atom stereocenters. The Hall–Kier alpha value is -1.60. The third kappa shape index (κ3) is 2.39. The molecule has 0 radical (unpaired) electrons. The average molecular weight is 238 g/mol. The lowest BCUT2D eigenvalue weighted by molar-refractivity contribution is 1.67. The van der Waals surface area contributed by atoms with Gasteiger partial charge >= 0.3 is 0 Å². The van der Waals surface area contributed by atoms with Gasteiger partial charge < -0.3 is 0 Å². The van der Waals surface area contributed by atoms with Gasteiger partial charge in [0.25, 0.3) is 0 Å². The molecule has 2 aromatic carbocycles. The maximum Gasteiger partial charge on any atom is 0.137 e. The molecule has 0 aromatic heterocycles. The van der Waals surface area contributed by atoms with Gasteiger partial charge in [0.1, 0.15) is 8.07 Å². The van der Waals surface area contributed by atoms with Gasteiger partial charge in [-0.15, -0.1) is 0 Å². The van der Waals surface area contributed by atoms with Gasteiger partial charge in [0, 0.05) is 0 Å². The van der Waals surface area contributed by atoms with Gasteiger partial charge in [0.05, 0.1) is 0 Å². The molecule has 0 N–H and O–H groups in total. The van der Waals surface area contributed by atoms with E-state index in [1.165, 1.54) is 10.4 Å². The zero-order valence-corrected chi connectivity index (χ0v) is 11.4. The molecule has 0 aliphatic heterocycles. The van der Waals surface area contributed by atoms with Gasteiger partial charge in [-0.2, -0.15) is 0 Å². The molecule has 0 amide bonds. The molecule has 0 fully saturated rings. The summed E-state index contributed by atoms with van der Waals surface area (Å²) in [6, 6.07) is 21.7. The molecule has 0 aliphatic rings. The van der Waals surface area contributed by atoms with E-state index >= 15 is 0 Å². The van der Waals surface area contributed by atoms with Crippen LogP contribution in [0.3, 0.4) is 0 Å². The molecular weight excluding hydrogens is 220 g/mol. The number of allylic oxidation sites excluding steroid dienone is 1. The Balaban J connectivity index is 2.55. The van der Waals surface area contributed by atoms with Crippen LogP contribution in [-0.2, 0) is 0 Å². The predicted molar refractivity (Wildman–Crippen MR) is 78.6 cm³/mol. The van der Waals surface area contributed by atoms with E-state index in [2.05, 4.69) is 85.9 Å². The molecule has 0 nitrogen and oxygen atoms in total. The largest absolute Gasteiger partial charge is 0.137 e. The fraction of sp³-hybridized carbons (Fsp3) is 0.125. The SMILES string of the molecule is C/C=C/[Si](C)(c1ccccc1)c1ccccc1. The smallest absolute Gasteiger partial charge is 0.0948 e. The van der Waals surface area contributed by atoms with Crippen LogP contribution in [-0.4, -0.2) is 8.07 Å². The summed E-state index contributed by atoms with van der Waals surface area (Å²) >= 11 is 0. The van der Waals surface area contributed by atoms with E-state index < -0.39 is 8.07 Å². The molecule has 0 saturated carbocycles. The monoisotopic (exact) mass is 238 g/mol. The maximum atomic E-state index is 2.40. The van der Waals surface area contributed by atoms with Crippen LogP contribution in [0, 0.1) is 0 Å². The molecule has 0 saturated heterocycles. The highest BCUT2D eigenvalue weighted by Gasteiger charge is 2.27. The van der Waals surface area contributed by atoms with E-state index in [-0.39, 0.29) is 0 Å². The maximum absolute atomic E-state index is 2.40. The van der Waals surface area contributed by atoms with Crippen LogP contribution in [0.25, 0.3) is 0 Å². The molecule has 2 aromatic rings. The highest BCUT2D eigenvalue weighted by Crippen LogP contribution is 2.07. The van der Waals surface area contributed by atoms with Crippen LogP contribution in [0.1, 0.15) is 6.92 Å². The Morgan fingerprint density at radius 2 is 1.18 bits per heavy atom. The molecule has 0 spiro atoms. The van der Waals surface area contributed by atoms with Crippen LogP contribution in [0.5, 0.6) is 0 Å². The summed E-state index contributed by atoms with van der Waals surface area (Å²) in [5.74, 6) is 0. The van der Waals surface area contributed by atoms with Crippen molar-refractivity contribution in [1.82, 2.24) is 0 Å². The number of hydrogen-bond donors (Lipinski definition) is 0. The van der Waals surface area contributed by atoms with E-state index in [4.69, 9.17) is 0 Å². The fourth-order valence-electron chi connectivity index (χ4n) is 2.26. The van der Waals surface area contributed by atoms with Crippen molar-refractivity contribution in [1.29, 1.82) is 0 Å². The Morgan fingerprint density at radius 3 is 1.53 bits per heavy atom. The van der Waals surface area contributed by atoms with Crippen LogP contribution in [0.15, 0.2) is 72.4 Å². The Morgan fingerprint density at radius 1 is 0.765 bits per heavy atom. The van der Waals surface area contributed by atoms with Crippen LogP contribution in [0.4, 0.5) is 0 Å². The zero-order chi connectivity index (χ0) is 12.1. The summed E-state index contributed by atoms with van der Waals surface area (Å²) in [5, 5.41) is 2.92. The Kier molecular flexibility index (Phi) is 3.60. The van der Waals surface area contributed by atoms with Gasteiger partial charge in [-0.1, -0.05) is 89.4 Å². The first-order chi connectivity index (χ1) is 8.27. The zero-order valence-electron chi connectivity index (χ0n) is 10.4. The van der Waals surface area contributed by atoms with Crippen molar-refractivity contribution in [3.63, 3.8) is 0 Å².